The van der Waals surface area contributed by atoms with Crippen LogP contribution in [-0.2, 0) is 4.57 Å². The standard InChI is InChI=1S/C25H43O4P/c1-18(14-24(3,4)5)16-30(27,17-19(2)15-25(6,7)8)23(26)22-20(28-9)12-11-13-21(22)29-10/h11-13,18-19H,14-17H2,1-10H3. The van der Waals surface area contributed by atoms with Gasteiger partial charge in [0.1, 0.15) is 17.1 Å². The third-order valence-corrected chi connectivity index (χ3v) is 8.54. The van der Waals surface area contributed by atoms with E-state index in [1.807, 2.05) is 0 Å². The van der Waals surface area contributed by atoms with Gasteiger partial charge in [-0.2, -0.15) is 0 Å². The van der Waals surface area contributed by atoms with Crippen LogP contribution in [0.15, 0.2) is 18.2 Å². The van der Waals surface area contributed by atoms with Crippen LogP contribution in [0.5, 0.6) is 11.5 Å². The Morgan fingerprint density at radius 2 is 1.23 bits per heavy atom. The van der Waals surface area contributed by atoms with Gasteiger partial charge < -0.3 is 14.0 Å². The summed E-state index contributed by atoms with van der Waals surface area (Å²) in [5.41, 5.74) is 0.244. The van der Waals surface area contributed by atoms with Gasteiger partial charge in [-0.15, -0.1) is 0 Å². The fourth-order valence-electron chi connectivity index (χ4n) is 4.73. The minimum atomic E-state index is -3.20. The summed E-state index contributed by atoms with van der Waals surface area (Å²) in [6, 6.07) is 5.25. The number of hydrogen-bond acceptors (Lipinski definition) is 4. The SMILES string of the molecule is COc1cccc(OC)c1C(=O)P(=O)(CC(C)CC(C)(C)C)CC(C)CC(C)(C)C. The first-order valence-corrected chi connectivity index (χ1v) is 13.0. The summed E-state index contributed by atoms with van der Waals surface area (Å²) >= 11 is 0. The Balaban J connectivity index is 3.39. The zero-order valence-electron chi connectivity index (χ0n) is 20.8. The molecule has 0 heterocycles. The summed E-state index contributed by atoms with van der Waals surface area (Å²) in [6.07, 6.45) is 2.67. The highest BCUT2D eigenvalue weighted by Crippen LogP contribution is 2.56. The lowest BCUT2D eigenvalue weighted by atomic mass is 9.86. The average molecular weight is 439 g/mol. The average Bonchev–Trinajstić information content (AvgIpc) is 2.56. The van der Waals surface area contributed by atoms with Crippen LogP contribution in [0.3, 0.4) is 0 Å². The summed E-state index contributed by atoms with van der Waals surface area (Å²) in [5, 5.41) is 0. The minimum Gasteiger partial charge on any atom is -0.496 e. The van der Waals surface area contributed by atoms with Crippen LogP contribution in [0.4, 0.5) is 0 Å². The van der Waals surface area contributed by atoms with Gasteiger partial charge in [0.05, 0.1) is 14.2 Å². The summed E-state index contributed by atoms with van der Waals surface area (Å²) in [7, 11) is -0.138. The van der Waals surface area contributed by atoms with E-state index in [4.69, 9.17) is 9.47 Å². The number of hydrogen-bond donors (Lipinski definition) is 0. The van der Waals surface area contributed by atoms with Crippen LogP contribution in [0.1, 0.15) is 78.6 Å². The highest BCUT2D eigenvalue weighted by atomic mass is 31.2. The lowest BCUT2D eigenvalue weighted by molar-refractivity contribution is 0.106. The molecule has 1 aromatic carbocycles. The molecule has 2 unspecified atom stereocenters. The molecule has 2 atom stereocenters. The molecule has 0 aromatic heterocycles. The Morgan fingerprint density at radius 1 is 0.867 bits per heavy atom. The molecule has 172 valence electrons. The predicted octanol–water partition coefficient (Wildman–Crippen LogP) is 7.35. The fourth-order valence-corrected chi connectivity index (χ4v) is 8.11. The van der Waals surface area contributed by atoms with Gasteiger partial charge in [0.15, 0.2) is 7.14 Å². The van der Waals surface area contributed by atoms with Gasteiger partial charge in [-0.3, -0.25) is 4.79 Å². The normalized spacial score (nSPS) is 16.5. The molecule has 1 rings (SSSR count). The van der Waals surface area contributed by atoms with Crippen LogP contribution >= 0.6 is 7.14 Å². The molecule has 30 heavy (non-hydrogen) atoms. The van der Waals surface area contributed by atoms with Crippen molar-refractivity contribution in [2.75, 3.05) is 26.5 Å². The van der Waals surface area contributed by atoms with Crippen LogP contribution in [0.2, 0.25) is 0 Å². The van der Waals surface area contributed by atoms with Crippen molar-refractivity contribution in [1.29, 1.82) is 0 Å². The van der Waals surface area contributed by atoms with Gasteiger partial charge in [-0.05, 0) is 47.6 Å². The molecule has 0 amide bonds. The van der Waals surface area contributed by atoms with Crippen molar-refractivity contribution in [2.24, 2.45) is 22.7 Å². The van der Waals surface area contributed by atoms with Crippen LogP contribution in [0, 0.1) is 22.7 Å². The fraction of sp³-hybridized carbons (Fsp3) is 0.720. The van der Waals surface area contributed by atoms with Crippen LogP contribution in [-0.4, -0.2) is 32.1 Å². The van der Waals surface area contributed by atoms with Gasteiger partial charge in [0, 0.05) is 12.3 Å². The number of carbonyl (C=O) groups is 1. The van der Waals surface area contributed by atoms with Crippen molar-refractivity contribution < 1.29 is 18.8 Å². The summed E-state index contributed by atoms with van der Waals surface area (Å²) in [4.78, 5) is 13.8. The zero-order chi connectivity index (χ0) is 23.3. The molecule has 0 aliphatic rings. The van der Waals surface area contributed by atoms with Crippen molar-refractivity contribution in [3.05, 3.63) is 23.8 Å². The maximum Gasteiger partial charge on any atom is 0.228 e. The molecule has 0 N–H and O–H groups in total. The third kappa shape index (κ3) is 8.10. The molecule has 0 radical (unpaired) electrons. The first-order valence-electron chi connectivity index (χ1n) is 11.0. The summed E-state index contributed by atoms with van der Waals surface area (Å²) in [5.74, 6) is 1.21. The van der Waals surface area contributed by atoms with E-state index in [0.717, 1.165) is 12.8 Å². The monoisotopic (exact) mass is 438 g/mol. The minimum absolute atomic E-state index is 0.118. The van der Waals surface area contributed by atoms with Gasteiger partial charge in [0.2, 0.25) is 5.52 Å². The molecule has 0 aliphatic heterocycles. The second-order valence-electron chi connectivity index (χ2n) is 11.3. The Labute approximate surface area is 184 Å². The second kappa shape index (κ2) is 10.4. The highest BCUT2D eigenvalue weighted by Gasteiger charge is 2.39. The second-order valence-corrected chi connectivity index (χ2v) is 14.3. The smallest absolute Gasteiger partial charge is 0.228 e. The topological polar surface area (TPSA) is 52.6 Å². The van der Waals surface area contributed by atoms with Crippen LogP contribution < -0.4 is 9.47 Å². The lowest BCUT2D eigenvalue weighted by Gasteiger charge is -2.30. The van der Waals surface area contributed by atoms with E-state index in [2.05, 4.69) is 55.4 Å². The molecule has 0 saturated heterocycles. The highest BCUT2D eigenvalue weighted by molar-refractivity contribution is 7.81. The molecule has 0 bridgehead atoms. The Bertz CT molecular complexity index is 705. The van der Waals surface area contributed by atoms with Crippen molar-refractivity contribution in [1.82, 2.24) is 0 Å². The molecule has 0 spiro atoms. The Hall–Kier alpha value is -1.28. The maximum absolute atomic E-state index is 14.4. The van der Waals surface area contributed by atoms with E-state index in [-0.39, 0.29) is 28.2 Å². The van der Waals surface area contributed by atoms with Crippen LogP contribution in [0.25, 0.3) is 0 Å². The maximum atomic E-state index is 14.4. The van der Waals surface area contributed by atoms with E-state index in [1.165, 1.54) is 14.2 Å². The molecule has 0 fully saturated rings. The van der Waals surface area contributed by atoms with Crippen molar-refractivity contribution >= 4 is 12.7 Å². The zero-order valence-corrected chi connectivity index (χ0v) is 21.7. The van der Waals surface area contributed by atoms with Crippen molar-refractivity contribution in [3.8, 4) is 11.5 Å². The van der Waals surface area contributed by atoms with E-state index >= 15 is 0 Å². The molecule has 4 nitrogen and oxygen atoms in total. The molecular weight excluding hydrogens is 395 g/mol. The van der Waals surface area contributed by atoms with E-state index in [9.17, 15) is 9.36 Å². The Kier molecular flexibility index (Phi) is 9.23. The molecule has 5 heteroatoms. The number of methoxy groups -OCH3 is 2. The van der Waals surface area contributed by atoms with Crippen molar-refractivity contribution in [3.63, 3.8) is 0 Å². The molecule has 0 aliphatic carbocycles. The summed E-state index contributed by atoms with van der Waals surface area (Å²) < 4.78 is 25.3. The Morgan fingerprint density at radius 3 is 1.53 bits per heavy atom. The van der Waals surface area contributed by atoms with Gasteiger partial charge in [0.25, 0.3) is 0 Å². The number of benzene rings is 1. The molecule has 0 saturated carbocycles. The number of carbonyl (C=O) groups excluding carboxylic acids is 1. The van der Waals surface area contributed by atoms with E-state index in [1.54, 1.807) is 18.2 Å². The number of rotatable bonds is 10. The first kappa shape index (κ1) is 26.8. The largest absolute Gasteiger partial charge is 0.496 e. The van der Waals surface area contributed by atoms with Gasteiger partial charge in [-0.1, -0.05) is 61.5 Å². The number of ether oxygens (including phenoxy) is 2. The van der Waals surface area contributed by atoms with Gasteiger partial charge in [-0.25, -0.2) is 0 Å². The van der Waals surface area contributed by atoms with Gasteiger partial charge >= 0.3 is 0 Å². The lowest BCUT2D eigenvalue weighted by Crippen LogP contribution is -2.22. The molecular formula is C25H43O4P. The molecule has 1 aromatic rings. The first-order chi connectivity index (χ1) is 13.6. The third-order valence-electron chi connectivity index (χ3n) is 5.15. The summed E-state index contributed by atoms with van der Waals surface area (Å²) in [6.45, 7) is 17.3. The predicted molar refractivity (Wildman–Crippen MR) is 128 cm³/mol. The van der Waals surface area contributed by atoms with E-state index < -0.39 is 7.14 Å². The quantitative estimate of drug-likeness (QED) is 0.358. The van der Waals surface area contributed by atoms with E-state index in [0.29, 0.717) is 29.4 Å². The van der Waals surface area contributed by atoms with Crippen molar-refractivity contribution in [2.45, 2.75) is 68.2 Å².